The lowest BCUT2D eigenvalue weighted by atomic mass is 10.1. The molecule has 0 radical (unpaired) electrons. The van der Waals surface area contributed by atoms with E-state index in [0.717, 1.165) is 29.9 Å². The maximum Gasteiger partial charge on any atom is 0.300 e. The van der Waals surface area contributed by atoms with Gasteiger partial charge in [-0.3, -0.25) is 18.6 Å². The highest BCUT2D eigenvalue weighted by molar-refractivity contribution is 5.76. The van der Waals surface area contributed by atoms with E-state index in [1.807, 2.05) is 30.9 Å². The van der Waals surface area contributed by atoms with Crippen LogP contribution in [0.1, 0.15) is 34.5 Å². The molecule has 1 saturated heterocycles. The van der Waals surface area contributed by atoms with E-state index in [1.165, 1.54) is 16.8 Å². The summed E-state index contributed by atoms with van der Waals surface area (Å²) in [6.07, 6.45) is 4.32. The van der Waals surface area contributed by atoms with Gasteiger partial charge in [0.05, 0.1) is 0 Å². The maximum atomic E-state index is 13.1. The molecule has 0 saturated carbocycles. The van der Waals surface area contributed by atoms with E-state index < -0.39 is 0 Å². The fourth-order valence-electron chi connectivity index (χ4n) is 5.03. The Balaban J connectivity index is 1.25. The Labute approximate surface area is 210 Å². The van der Waals surface area contributed by atoms with Crippen LogP contribution >= 0.6 is 0 Å². The Bertz CT molecular complexity index is 1470. The maximum absolute atomic E-state index is 13.1. The first-order valence-corrected chi connectivity index (χ1v) is 12.4. The number of carbonyl (C=O) groups excluding carboxylic acids is 1. The van der Waals surface area contributed by atoms with E-state index in [4.69, 9.17) is 0 Å². The number of hydrogen-bond donors (Lipinski definition) is 0. The SMILES string of the molecule is Cc1cc(C)cc(-n2ccn3c(CCC(=O)N4CCN(c5cc(C)ccc5C)CC4)nnc3c2=O)c1. The number of hydrogen-bond acceptors (Lipinski definition) is 5. The summed E-state index contributed by atoms with van der Waals surface area (Å²) in [7, 11) is 0. The minimum absolute atomic E-state index is 0.107. The Kier molecular flexibility index (Phi) is 6.35. The van der Waals surface area contributed by atoms with Gasteiger partial charge in [-0.25, -0.2) is 0 Å². The standard InChI is InChI=1S/C28H32N6O2/c1-19-5-6-22(4)24(18-19)31-9-11-32(12-10-31)26(35)8-7-25-29-30-27-28(36)33(13-14-34(25)27)23-16-20(2)15-21(3)17-23/h5-6,13-18H,7-12H2,1-4H3. The molecule has 1 aliphatic rings. The zero-order valence-electron chi connectivity index (χ0n) is 21.4. The monoisotopic (exact) mass is 484 g/mol. The van der Waals surface area contributed by atoms with Crippen LogP contribution in [0.25, 0.3) is 11.3 Å². The Hall–Kier alpha value is -3.94. The predicted molar refractivity (Wildman–Crippen MR) is 141 cm³/mol. The number of fused-ring (bicyclic) bond motifs is 1. The van der Waals surface area contributed by atoms with Crippen molar-refractivity contribution in [2.45, 2.75) is 40.5 Å². The molecule has 8 heteroatoms. The number of aromatic nitrogens is 4. The van der Waals surface area contributed by atoms with E-state index in [-0.39, 0.29) is 17.1 Å². The molecular weight excluding hydrogens is 452 g/mol. The van der Waals surface area contributed by atoms with Gasteiger partial charge in [-0.05, 0) is 68.1 Å². The molecule has 0 unspecified atom stereocenters. The normalized spacial score (nSPS) is 14.0. The summed E-state index contributed by atoms with van der Waals surface area (Å²) in [6.45, 7) is 11.3. The van der Waals surface area contributed by atoms with Crippen molar-refractivity contribution in [2.24, 2.45) is 0 Å². The number of aryl methyl sites for hydroxylation is 5. The van der Waals surface area contributed by atoms with E-state index in [9.17, 15) is 9.59 Å². The van der Waals surface area contributed by atoms with Gasteiger partial charge in [-0.1, -0.05) is 18.2 Å². The van der Waals surface area contributed by atoms with Crippen molar-refractivity contribution in [3.8, 4) is 5.69 Å². The highest BCUT2D eigenvalue weighted by Crippen LogP contribution is 2.23. The molecule has 186 valence electrons. The van der Waals surface area contributed by atoms with Crippen molar-refractivity contribution >= 4 is 17.2 Å². The zero-order valence-corrected chi connectivity index (χ0v) is 21.4. The summed E-state index contributed by atoms with van der Waals surface area (Å²) < 4.78 is 3.29. The van der Waals surface area contributed by atoms with Gasteiger partial charge >= 0.3 is 5.56 Å². The third-order valence-electron chi connectivity index (χ3n) is 6.93. The Morgan fingerprint density at radius 1 is 0.861 bits per heavy atom. The number of anilines is 1. The van der Waals surface area contributed by atoms with E-state index >= 15 is 0 Å². The second-order valence-electron chi connectivity index (χ2n) is 9.79. The van der Waals surface area contributed by atoms with Crippen LogP contribution < -0.4 is 10.5 Å². The van der Waals surface area contributed by atoms with Gasteiger partial charge < -0.3 is 9.80 Å². The lowest BCUT2D eigenvalue weighted by Crippen LogP contribution is -2.49. The molecule has 1 aliphatic heterocycles. The van der Waals surface area contributed by atoms with Crippen LogP contribution in [-0.4, -0.2) is 56.2 Å². The molecule has 0 bridgehead atoms. The molecule has 1 fully saturated rings. The van der Waals surface area contributed by atoms with Crippen molar-refractivity contribution in [3.63, 3.8) is 0 Å². The summed E-state index contributed by atoms with van der Waals surface area (Å²) in [6, 6.07) is 12.5. The fourth-order valence-corrected chi connectivity index (χ4v) is 5.03. The number of piperazine rings is 1. The molecule has 0 atom stereocenters. The fraction of sp³-hybridized carbons (Fsp3) is 0.357. The van der Waals surface area contributed by atoms with Crippen molar-refractivity contribution in [1.82, 2.24) is 24.1 Å². The topological polar surface area (TPSA) is 75.7 Å². The molecule has 0 spiro atoms. The van der Waals surface area contributed by atoms with Crippen LogP contribution in [0.15, 0.2) is 53.6 Å². The minimum Gasteiger partial charge on any atom is -0.368 e. The van der Waals surface area contributed by atoms with Gasteiger partial charge in [-0.15, -0.1) is 10.2 Å². The minimum atomic E-state index is -0.227. The quantitative estimate of drug-likeness (QED) is 0.434. The molecule has 0 aliphatic carbocycles. The second-order valence-corrected chi connectivity index (χ2v) is 9.79. The second kappa shape index (κ2) is 9.60. The third-order valence-corrected chi connectivity index (χ3v) is 6.93. The first-order chi connectivity index (χ1) is 17.3. The lowest BCUT2D eigenvalue weighted by Gasteiger charge is -2.37. The van der Waals surface area contributed by atoms with Crippen LogP contribution in [0.5, 0.6) is 0 Å². The average Bonchev–Trinajstić information content (AvgIpc) is 3.27. The van der Waals surface area contributed by atoms with Crippen LogP contribution in [0.4, 0.5) is 5.69 Å². The smallest absolute Gasteiger partial charge is 0.300 e. The molecule has 8 nitrogen and oxygen atoms in total. The van der Waals surface area contributed by atoms with Gasteiger partial charge in [0.1, 0.15) is 5.82 Å². The number of rotatable bonds is 5. The largest absolute Gasteiger partial charge is 0.368 e. The van der Waals surface area contributed by atoms with Gasteiger partial charge in [0, 0.05) is 62.8 Å². The number of benzene rings is 2. The molecule has 2 aromatic carbocycles. The van der Waals surface area contributed by atoms with Gasteiger partial charge in [0.25, 0.3) is 0 Å². The lowest BCUT2D eigenvalue weighted by molar-refractivity contribution is -0.131. The highest BCUT2D eigenvalue weighted by atomic mass is 16.2. The summed E-state index contributed by atoms with van der Waals surface area (Å²) in [5.41, 5.74) is 6.78. The molecule has 3 heterocycles. The van der Waals surface area contributed by atoms with Crippen molar-refractivity contribution < 1.29 is 4.79 Å². The average molecular weight is 485 g/mol. The molecule has 0 N–H and O–H groups in total. The van der Waals surface area contributed by atoms with Gasteiger partial charge in [0.15, 0.2) is 0 Å². The van der Waals surface area contributed by atoms with Crippen molar-refractivity contribution in [1.29, 1.82) is 0 Å². The Morgan fingerprint density at radius 2 is 1.58 bits per heavy atom. The molecule has 4 aromatic rings. The van der Waals surface area contributed by atoms with Crippen molar-refractivity contribution in [2.75, 3.05) is 31.1 Å². The first kappa shape index (κ1) is 23.8. The molecule has 1 amide bonds. The van der Waals surface area contributed by atoms with Crippen LogP contribution in [0.2, 0.25) is 0 Å². The Morgan fingerprint density at radius 3 is 2.31 bits per heavy atom. The zero-order chi connectivity index (χ0) is 25.4. The van der Waals surface area contributed by atoms with Gasteiger partial charge in [0.2, 0.25) is 11.6 Å². The summed E-state index contributed by atoms with van der Waals surface area (Å²) >= 11 is 0. The number of amides is 1. The number of carbonyl (C=O) groups is 1. The molecule has 36 heavy (non-hydrogen) atoms. The van der Waals surface area contributed by atoms with Crippen LogP contribution in [0.3, 0.4) is 0 Å². The molecule has 2 aromatic heterocycles. The van der Waals surface area contributed by atoms with E-state index in [0.29, 0.717) is 31.8 Å². The first-order valence-electron chi connectivity index (χ1n) is 12.4. The van der Waals surface area contributed by atoms with Crippen LogP contribution in [-0.2, 0) is 11.2 Å². The van der Waals surface area contributed by atoms with Crippen molar-refractivity contribution in [3.05, 3.63) is 87.2 Å². The predicted octanol–water partition coefficient (Wildman–Crippen LogP) is 3.40. The summed E-state index contributed by atoms with van der Waals surface area (Å²) in [5, 5.41) is 8.38. The highest BCUT2D eigenvalue weighted by Gasteiger charge is 2.23. The molecular formula is C28H32N6O2. The van der Waals surface area contributed by atoms with E-state index in [2.05, 4.69) is 53.2 Å². The third kappa shape index (κ3) is 4.63. The van der Waals surface area contributed by atoms with Gasteiger partial charge in [-0.2, -0.15) is 0 Å². The summed E-state index contributed by atoms with van der Waals surface area (Å²) in [4.78, 5) is 30.3. The van der Waals surface area contributed by atoms with E-state index in [1.54, 1.807) is 21.4 Å². The molecule has 5 rings (SSSR count). The van der Waals surface area contributed by atoms with Crippen LogP contribution in [0, 0.1) is 27.7 Å². The number of nitrogens with zero attached hydrogens (tertiary/aromatic N) is 6. The summed E-state index contributed by atoms with van der Waals surface area (Å²) in [5.74, 6) is 0.730.